The normalized spacial score (nSPS) is 18.6. The third-order valence-electron chi connectivity index (χ3n) is 4.59. The largest absolute Gasteiger partial charge is 0.493 e. The molecule has 1 aliphatic rings. The molecule has 2 aromatic rings. The molecule has 0 radical (unpaired) electrons. The number of hydrogen-bond acceptors (Lipinski definition) is 4. The van der Waals surface area contributed by atoms with E-state index in [0.29, 0.717) is 25.2 Å². The predicted octanol–water partition coefficient (Wildman–Crippen LogP) is 3.85. The Labute approximate surface area is 148 Å². The van der Waals surface area contributed by atoms with Gasteiger partial charge in [-0.25, -0.2) is 0 Å². The van der Waals surface area contributed by atoms with Crippen molar-refractivity contribution in [2.24, 2.45) is 5.92 Å². The minimum Gasteiger partial charge on any atom is -0.493 e. The van der Waals surface area contributed by atoms with Crippen LogP contribution >= 0.6 is 0 Å². The molecule has 0 N–H and O–H groups in total. The Morgan fingerprint density at radius 1 is 1.28 bits per heavy atom. The van der Waals surface area contributed by atoms with Crippen molar-refractivity contribution in [2.45, 2.75) is 25.7 Å². The summed E-state index contributed by atoms with van der Waals surface area (Å²) in [4.78, 5) is 12.0. The summed E-state index contributed by atoms with van der Waals surface area (Å²) in [6, 6.07) is 17.9. The summed E-state index contributed by atoms with van der Waals surface area (Å²) in [7, 11) is 0. The highest BCUT2D eigenvalue weighted by Crippen LogP contribution is 2.41. The number of nitrogens with zero attached hydrogens (tertiary/aromatic N) is 1. The van der Waals surface area contributed by atoms with E-state index in [1.807, 2.05) is 37.3 Å². The lowest BCUT2D eigenvalue weighted by atomic mass is 9.78. The van der Waals surface area contributed by atoms with Gasteiger partial charge in [-0.15, -0.1) is 0 Å². The molecule has 2 atom stereocenters. The third-order valence-corrected chi connectivity index (χ3v) is 4.59. The maximum Gasteiger partial charge on any atom is 0.306 e. The monoisotopic (exact) mass is 335 g/mol. The van der Waals surface area contributed by atoms with Crippen molar-refractivity contribution in [2.75, 3.05) is 13.2 Å². The number of hydrogen-bond donors (Lipinski definition) is 0. The Balaban J connectivity index is 1.93. The van der Waals surface area contributed by atoms with Crippen molar-refractivity contribution in [1.82, 2.24) is 0 Å². The molecule has 1 aliphatic heterocycles. The summed E-state index contributed by atoms with van der Waals surface area (Å²) >= 11 is 0. The van der Waals surface area contributed by atoms with E-state index >= 15 is 0 Å². The summed E-state index contributed by atoms with van der Waals surface area (Å²) < 4.78 is 11.0. The van der Waals surface area contributed by atoms with Gasteiger partial charge in [-0.1, -0.05) is 30.3 Å². The van der Waals surface area contributed by atoms with Gasteiger partial charge in [0.05, 0.1) is 31.3 Å². The number of benzene rings is 2. The number of nitriles is 1. The SMILES string of the molecule is CCOC(=O)CC1COc2ccc(C#N)cc2C1Cc1ccccc1. The fourth-order valence-electron chi connectivity index (χ4n) is 3.39. The van der Waals surface area contributed by atoms with E-state index in [1.165, 1.54) is 5.56 Å². The summed E-state index contributed by atoms with van der Waals surface area (Å²) in [6.07, 6.45) is 1.12. The second-order valence-corrected chi connectivity index (χ2v) is 6.24. The van der Waals surface area contributed by atoms with Crippen LogP contribution in [-0.2, 0) is 16.0 Å². The van der Waals surface area contributed by atoms with Crippen LogP contribution in [0.15, 0.2) is 48.5 Å². The fourth-order valence-corrected chi connectivity index (χ4v) is 3.39. The summed E-state index contributed by atoms with van der Waals surface area (Å²) in [5, 5.41) is 9.23. The Hall–Kier alpha value is -2.80. The first-order valence-corrected chi connectivity index (χ1v) is 8.57. The first kappa shape index (κ1) is 17.0. The van der Waals surface area contributed by atoms with Crippen LogP contribution in [0.1, 0.15) is 36.0 Å². The molecule has 0 aliphatic carbocycles. The van der Waals surface area contributed by atoms with Crippen molar-refractivity contribution in [1.29, 1.82) is 5.26 Å². The van der Waals surface area contributed by atoms with Crippen LogP contribution in [0.2, 0.25) is 0 Å². The zero-order chi connectivity index (χ0) is 17.6. The van der Waals surface area contributed by atoms with Crippen molar-refractivity contribution >= 4 is 5.97 Å². The molecule has 2 unspecified atom stereocenters. The van der Waals surface area contributed by atoms with Gasteiger partial charge in [0.25, 0.3) is 0 Å². The molecular weight excluding hydrogens is 314 g/mol. The lowest BCUT2D eigenvalue weighted by Crippen LogP contribution is -2.30. The van der Waals surface area contributed by atoms with E-state index in [-0.39, 0.29) is 17.8 Å². The smallest absolute Gasteiger partial charge is 0.306 e. The highest BCUT2D eigenvalue weighted by atomic mass is 16.5. The van der Waals surface area contributed by atoms with Crippen molar-refractivity contribution in [3.05, 3.63) is 65.2 Å². The van der Waals surface area contributed by atoms with Gasteiger partial charge in [-0.3, -0.25) is 4.79 Å². The Morgan fingerprint density at radius 3 is 2.80 bits per heavy atom. The molecular formula is C21H21NO3. The minimum absolute atomic E-state index is 0.0284. The number of ether oxygens (including phenoxy) is 2. The van der Waals surface area contributed by atoms with Gasteiger partial charge < -0.3 is 9.47 Å². The van der Waals surface area contributed by atoms with Gasteiger partial charge in [-0.05, 0) is 48.6 Å². The fraction of sp³-hybridized carbons (Fsp3) is 0.333. The Bertz CT molecular complexity index is 779. The Morgan fingerprint density at radius 2 is 2.08 bits per heavy atom. The molecule has 3 rings (SSSR count). The Kier molecular flexibility index (Phi) is 5.35. The molecule has 0 spiro atoms. The van der Waals surface area contributed by atoms with Gasteiger partial charge in [0, 0.05) is 5.92 Å². The number of carbonyl (C=O) groups excluding carboxylic acids is 1. The third kappa shape index (κ3) is 4.00. The van der Waals surface area contributed by atoms with Crippen LogP contribution in [-0.4, -0.2) is 19.2 Å². The van der Waals surface area contributed by atoms with E-state index in [0.717, 1.165) is 17.7 Å². The van der Waals surface area contributed by atoms with E-state index in [4.69, 9.17) is 9.47 Å². The lowest BCUT2D eigenvalue weighted by molar-refractivity contribution is -0.144. The molecule has 0 amide bonds. The predicted molar refractivity (Wildman–Crippen MR) is 94.3 cm³/mol. The van der Waals surface area contributed by atoms with Gasteiger partial charge in [0.1, 0.15) is 5.75 Å². The zero-order valence-corrected chi connectivity index (χ0v) is 14.3. The van der Waals surface area contributed by atoms with Gasteiger partial charge in [0.15, 0.2) is 0 Å². The van der Waals surface area contributed by atoms with Gasteiger partial charge >= 0.3 is 5.97 Å². The second kappa shape index (κ2) is 7.85. The first-order chi connectivity index (χ1) is 12.2. The van der Waals surface area contributed by atoms with E-state index < -0.39 is 0 Å². The quantitative estimate of drug-likeness (QED) is 0.779. The molecule has 0 fully saturated rings. The molecule has 4 nitrogen and oxygen atoms in total. The van der Waals surface area contributed by atoms with Crippen LogP contribution in [0.3, 0.4) is 0 Å². The second-order valence-electron chi connectivity index (χ2n) is 6.24. The molecule has 2 aromatic carbocycles. The average Bonchev–Trinajstić information content (AvgIpc) is 2.64. The molecule has 0 saturated heterocycles. The number of fused-ring (bicyclic) bond motifs is 1. The molecule has 25 heavy (non-hydrogen) atoms. The number of rotatable bonds is 5. The first-order valence-electron chi connectivity index (χ1n) is 8.57. The lowest BCUT2D eigenvalue weighted by Gasteiger charge is -2.33. The number of esters is 1. The molecule has 0 aromatic heterocycles. The van der Waals surface area contributed by atoms with E-state index in [9.17, 15) is 10.1 Å². The standard InChI is InChI=1S/C21H21NO3/c1-2-24-21(23)12-17-14-25-20-9-8-16(13-22)11-19(20)18(17)10-15-6-4-3-5-7-15/h3-9,11,17-18H,2,10,12,14H2,1H3. The van der Waals surface area contributed by atoms with Crippen LogP contribution < -0.4 is 4.74 Å². The minimum atomic E-state index is -0.200. The summed E-state index contributed by atoms with van der Waals surface area (Å²) in [6.45, 7) is 2.67. The number of carbonyl (C=O) groups is 1. The van der Waals surface area contributed by atoms with Crippen molar-refractivity contribution < 1.29 is 14.3 Å². The highest BCUT2D eigenvalue weighted by molar-refractivity contribution is 5.70. The topological polar surface area (TPSA) is 59.3 Å². The molecule has 128 valence electrons. The van der Waals surface area contributed by atoms with Crippen LogP contribution in [0.4, 0.5) is 0 Å². The molecule has 1 heterocycles. The zero-order valence-electron chi connectivity index (χ0n) is 14.3. The summed E-state index contributed by atoms with van der Waals surface area (Å²) in [5.74, 6) is 0.749. The van der Waals surface area contributed by atoms with Crippen LogP contribution in [0.5, 0.6) is 5.75 Å². The molecule has 4 heteroatoms. The summed E-state index contributed by atoms with van der Waals surface area (Å²) in [5.41, 5.74) is 2.82. The van der Waals surface area contributed by atoms with Gasteiger partial charge in [0.2, 0.25) is 0 Å². The van der Waals surface area contributed by atoms with E-state index in [1.54, 1.807) is 6.07 Å². The maximum atomic E-state index is 12.0. The maximum absolute atomic E-state index is 12.0. The molecule has 0 bridgehead atoms. The average molecular weight is 335 g/mol. The van der Waals surface area contributed by atoms with Crippen molar-refractivity contribution in [3.8, 4) is 11.8 Å². The van der Waals surface area contributed by atoms with Crippen LogP contribution in [0.25, 0.3) is 0 Å². The van der Waals surface area contributed by atoms with Crippen LogP contribution in [0, 0.1) is 17.2 Å². The van der Waals surface area contributed by atoms with Crippen molar-refractivity contribution in [3.63, 3.8) is 0 Å². The van der Waals surface area contributed by atoms with E-state index in [2.05, 4.69) is 18.2 Å². The highest BCUT2D eigenvalue weighted by Gasteiger charge is 2.33. The van der Waals surface area contributed by atoms with Gasteiger partial charge in [-0.2, -0.15) is 5.26 Å². The molecule has 0 saturated carbocycles.